The third-order valence-electron chi connectivity index (χ3n) is 3.92. The third kappa shape index (κ3) is 3.14. The second kappa shape index (κ2) is 5.72. The zero-order valence-electron chi connectivity index (χ0n) is 12.0. The third-order valence-corrected chi connectivity index (χ3v) is 3.92. The van der Waals surface area contributed by atoms with Crippen molar-refractivity contribution in [2.75, 3.05) is 0 Å². The number of nitrogens with zero attached hydrogens (tertiary/aromatic N) is 3. The summed E-state index contributed by atoms with van der Waals surface area (Å²) in [6, 6.07) is -0.537. The predicted molar refractivity (Wildman–Crippen MR) is 71.9 cm³/mol. The summed E-state index contributed by atoms with van der Waals surface area (Å²) in [7, 11) is 0. The Morgan fingerprint density at radius 3 is 2.58 bits per heavy atom. The van der Waals surface area contributed by atoms with Gasteiger partial charge in [0.1, 0.15) is 17.7 Å². The Morgan fingerprint density at radius 2 is 2.11 bits per heavy atom. The molecule has 0 spiro atoms. The number of hydrogen-bond acceptors (Lipinski definition) is 3. The number of aryl methyl sites for hydroxylation is 1. The molecule has 5 nitrogen and oxygen atoms in total. The lowest BCUT2D eigenvalue weighted by molar-refractivity contribution is -0.141. The topological polar surface area (TPSA) is 68.0 Å². The molecule has 5 heteroatoms. The molecule has 0 saturated heterocycles. The minimum absolute atomic E-state index is 0.333. The molecule has 1 aromatic heterocycles. The molecule has 106 valence electrons. The number of hydrogen-bond donors (Lipinski definition) is 1. The minimum Gasteiger partial charge on any atom is -0.480 e. The molecular weight excluding hydrogens is 242 g/mol. The summed E-state index contributed by atoms with van der Waals surface area (Å²) in [4.78, 5) is 11.5. The molecule has 0 radical (unpaired) electrons. The Hall–Kier alpha value is -1.39. The van der Waals surface area contributed by atoms with Gasteiger partial charge in [-0.05, 0) is 25.2 Å². The van der Waals surface area contributed by atoms with Gasteiger partial charge in [-0.15, -0.1) is 10.2 Å². The van der Waals surface area contributed by atoms with Gasteiger partial charge in [-0.1, -0.05) is 33.1 Å². The molecule has 1 atom stereocenters. The Kier molecular flexibility index (Phi) is 4.22. The van der Waals surface area contributed by atoms with Crippen LogP contribution in [0.25, 0.3) is 0 Å². The van der Waals surface area contributed by atoms with Crippen LogP contribution in [0.1, 0.15) is 57.2 Å². The summed E-state index contributed by atoms with van der Waals surface area (Å²) in [5.41, 5.74) is 0. The number of carbonyl (C=O) groups is 1. The molecule has 2 rings (SSSR count). The molecule has 0 bridgehead atoms. The van der Waals surface area contributed by atoms with Gasteiger partial charge in [-0.2, -0.15) is 0 Å². The fourth-order valence-corrected chi connectivity index (χ4v) is 2.68. The molecule has 1 aromatic rings. The van der Waals surface area contributed by atoms with Crippen molar-refractivity contribution in [3.05, 3.63) is 11.6 Å². The van der Waals surface area contributed by atoms with E-state index >= 15 is 0 Å². The second-order valence-electron chi connectivity index (χ2n) is 6.02. The van der Waals surface area contributed by atoms with Crippen molar-refractivity contribution in [1.82, 2.24) is 14.8 Å². The fourth-order valence-electron chi connectivity index (χ4n) is 2.68. The van der Waals surface area contributed by atoms with E-state index in [0.29, 0.717) is 24.1 Å². The summed E-state index contributed by atoms with van der Waals surface area (Å²) in [5, 5.41) is 17.8. The molecular formula is C14H23N3O2. The molecule has 1 aliphatic rings. The van der Waals surface area contributed by atoms with Crippen molar-refractivity contribution in [2.45, 2.75) is 58.9 Å². The van der Waals surface area contributed by atoms with Gasteiger partial charge in [0.05, 0.1) is 0 Å². The lowest BCUT2D eigenvalue weighted by Gasteiger charge is -2.26. The van der Waals surface area contributed by atoms with E-state index in [1.807, 2.05) is 25.3 Å². The quantitative estimate of drug-likeness (QED) is 0.858. The Morgan fingerprint density at radius 1 is 1.42 bits per heavy atom. The van der Waals surface area contributed by atoms with E-state index < -0.39 is 12.0 Å². The van der Waals surface area contributed by atoms with Crippen LogP contribution in [0, 0.1) is 18.8 Å². The van der Waals surface area contributed by atoms with E-state index in [-0.39, 0.29) is 0 Å². The molecule has 1 unspecified atom stereocenters. The van der Waals surface area contributed by atoms with Crippen LogP contribution in [-0.4, -0.2) is 25.8 Å². The average Bonchev–Trinajstić information content (AvgIpc) is 2.61. The zero-order chi connectivity index (χ0) is 14.0. The van der Waals surface area contributed by atoms with Gasteiger partial charge in [0.2, 0.25) is 0 Å². The maximum Gasteiger partial charge on any atom is 0.326 e. The second-order valence-corrected chi connectivity index (χ2v) is 6.02. The summed E-state index contributed by atoms with van der Waals surface area (Å²) >= 11 is 0. The zero-order valence-corrected chi connectivity index (χ0v) is 12.0. The number of carboxylic acids is 1. The lowest BCUT2D eigenvalue weighted by atomic mass is 9.83. The van der Waals surface area contributed by atoms with Crippen LogP contribution in [-0.2, 0) is 11.2 Å². The van der Waals surface area contributed by atoms with Crippen molar-refractivity contribution < 1.29 is 9.90 Å². The number of rotatable bonds is 6. The highest BCUT2D eigenvalue weighted by molar-refractivity contribution is 5.72. The van der Waals surface area contributed by atoms with Crippen molar-refractivity contribution in [3.8, 4) is 0 Å². The molecule has 0 amide bonds. The molecule has 0 aliphatic heterocycles. The van der Waals surface area contributed by atoms with Crippen molar-refractivity contribution in [1.29, 1.82) is 0 Å². The highest BCUT2D eigenvalue weighted by atomic mass is 16.4. The van der Waals surface area contributed by atoms with Gasteiger partial charge in [-0.3, -0.25) is 0 Å². The molecule has 1 heterocycles. The lowest BCUT2D eigenvalue weighted by Crippen LogP contribution is -2.25. The van der Waals surface area contributed by atoms with E-state index in [4.69, 9.17) is 0 Å². The summed E-state index contributed by atoms with van der Waals surface area (Å²) in [5.74, 6) is 1.76. The van der Waals surface area contributed by atoms with E-state index in [1.165, 1.54) is 19.3 Å². The maximum atomic E-state index is 11.5. The number of aromatic nitrogens is 3. The number of aliphatic carboxylic acids is 1. The molecule has 1 aliphatic carbocycles. The average molecular weight is 265 g/mol. The Bertz CT molecular complexity index is 450. The van der Waals surface area contributed by atoms with Crippen LogP contribution < -0.4 is 0 Å². The van der Waals surface area contributed by atoms with Gasteiger partial charge in [0.25, 0.3) is 0 Å². The maximum absolute atomic E-state index is 11.5. The normalized spacial score (nSPS) is 17.5. The van der Waals surface area contributed by atoms with Crippen LogP contribution in [0.5, 0.6) is 0 Å². The van der Waals surface area contributed by atoms with Crippen LogP contribution in [0.4, 0.5) is 0 Å². The monoisotopic (exact) mass is 265 g/mol. The molecule has 1 saturated carbocycles. The number of carboxylic acid groups (broad SMARTS) is 1. The molecule has 1 fully saturated rings. The largest absolute Gasteiger partial charge is 0.480 e. The highest BCUT2D eigenvalue weighted by Crippen LogP contribution is 2.31. The van der Waals surface area contributed by atoms with Gasteiger partial charge in [0.15, 0.2) is 0 Å². The van der Waals surface area contributed by atoms with Crippen LogP contribution in [0.2, 0.25) is 0 Å². The minimum atomic E-state index is -0.786. The summed E-state index contributed by atoms with van der Waals surface area (Å²) in [6.07, 6.45) is 5.22. The molecule has 0 aromatic carbocycles. The van der Waals surface area contributed by atoms with E-state index in [0.717, 1.165) is 12.2 Å². The first-order valence-electron chi connectivity index (χ1n) is 7.12. The van der Waals surface area contributed by atoms with Gasteiger partial charge < -0.3 is 9.67 Å². The van der Waals surface area contributed by atoms with E-state index in [1.54, 1.807) is 0 Å². The van der Waals surface area contributed by atoms with Crippen molar-refractivity contribution in [3.63, 3.8) is 0 Å². The standard InChI is InChI=1S/C14H23N3O2/c1-9(2)7-12(14(18)19)17-10(3)15-16-13(17)8-11-5-4-6-11/h9,11-12H,4-8H2,1-3H3,(H,18,19). The highest BCUT2D eigenvalue weighted by Gasteiger charge is 2.28. The molecule has 19 heavy (non-hydrogen) atoms. The summed E-state index contributed by atoms with van der Waals surface area (Å²) in [6.45, 7) is 5.93. The van der Waals surface area contributed by atoms with E-state index in [9.17, 15) is 9.90 Å². The fraction of sp³-hybridized carbons (Fsp3) is 0.786. The van der Waals surface area contributed by atoms with Gasteiger partial charge >= 0.3 is 5.97 Å². The molecule has 1 N–H and O–H groups in total. The van der Waals surface area contributed by atoms with Crippen LogP contribution >= 0.6 is 0 Å². The van der Waals surface area contributed by atoms with Gasteiger partial charge in [-0.25, -0.2) is 4.79 Å². The predicted octanol–water partition coefficient (Wildman–Crippen LogP) is 2.60. The SMILES string of the molecule is Cc1nnc(CC2CCC2)n1C(CC(C)C)C(=O)O. The first-order chi connectivity index (χ1) is 8.99. The first kappa shape index (κ1) is 14.0. The van der Waals surface area contributed by atoms with Crippen molar-refractivity contribution in [2.24, 2.45) is 11.8 Å². The first-order valence-corrected chi connectivity index (χ1v) is 7.12. The Labute approximate surface area is 114 Å². The van der Waals surface area contributed by atoms with Gasteiger partial charge in [0, 0.05) is 6.42 Å². The van der Waals surface area contributed by atoms with Crippen molar-refractivity contribution >= 4 is 5.97 Å². The van der Waals surface area contributed by atoms with Crippen LogP contribution in [0.15, 0.2) is 0 Å². The van der Waals surface area contributed by atoms with Crippen LogP contribution in [0.3, 0.4) is 0 Å². The Balaban J connectivity index is 2.23. The smallest absolute Gasteiger partial charge is 0.326 e. The summed E-state index contributed by atoms with van der Waals surface area (Å²) < 4.78 is 1.83. The van der Waals surface area contributed by atoms with E-state index in [2.05, 4.69) is 10.2 Å².